The summed E-state index contributed by atoms with van der Waals surface area (Å²) in [6, 6.07) is 6.31. The second-order valence-electron chi connectivity index (χ2n) is 5.18. The summed E-state index contributed by atoms with van der Waals surface area (Å²) < 4.78 is 0. The standard InChI is InChI=1S/C16H21NO/c1-4-14-9-12(2)10-15(11-14)16(18)17-8-6-5-7-13(17)3/h4,9-11,13H,1,5-8H2,2-3H3. The van der Waals surface area contributed by atoms with Crippen molar-refractivity contribution in [3.05, 3.63) is 41.5 Å². The summed E-state index contributed by atoms with van der Waals surface area (Å²) in [6.07, 6.45) is 5.27. The fourth-order valence-corrected chi connectivity index (χ4v) is 2.62. The second kappa shape index (κ2) is 5.38. The summed E-state index contributed by atoms with van der Waals surface area (Å²) in [5.74, 6) is 0.161. The number of carbonyl (C=O) groups excluding carboxylic acids is 1. The Balaban J connectivity index is 2.27. The monoisotopic (exact) mass is 243 g/mol. The number of likely N-dealkylation sites (tertiary alicyclic amines) is 1. The Labute approximate surface area is 109 Å². The van der Waals surface area contributed by atoms with E-state index in [1.165, 1.54) is 6.42 Å². The van der Waals surface area contributed by atoms with Gasteiger partial charge in [-0.3, -0.25) is 4.79 Å². The minimum Gasteiger partial charge on any atom is -0.336 e. The number of amides is 1. The van der Waals surface area contributed by atoms with Gasteiger partial charge in [0.15, 0.2) is 0 Å². The van der Waals surface area contributed by atoms with Gasteiger partial charge in [-0.15, -0.1) is 0 Å². The van der Waals surface area contributed by atoms with Gasteiger partial charge in [-0.25, -0.2) is 0 Å². The fourth-order valence-electron chi connectivity index (χ4n) is 2.62. The number of carbonyl (C=O) groups is 1. The molecule has 0 radical (unpaired) electrons. The molecule has 1 aromatic rings. The molecule has 1 unspecified atom stereocenters. The van der Waals surface area contributed by atoms with E-state index in [2.05, 4.69) is 13.5 Å². The Kier molecular flexibility index (Phi) is 3.85. The number of nitrogens with zero attached hydrogens (tertiary/aromatic N) is 1. The van der Waals surface area contributed by atoms with Crippen LogP contribution in [0.2, 0.25) is 0 Å². The molecule has 1 fully saturated rings. The molecule has 1 atom stereocenters. The predicted molar refractivity (Wildman–Crippen MR) is 75.6 cm³/mol. The molecule has 18 heavy (non-hydrogen) atoms. The number of aryl methyl sites for hydroxylation is 1. The minimum atomic E-state index is 0.161. The van der Waals surface area contributed by atoms with E-state index in [1.807, 2.05) is 30.0 Å². The van der Waals surface area contributed by atoms with Crippen LogP contribution in [0, 0.1) is 6.92 Å². The zero-order chi connectivity index (χ0) is 13.1. The van der Waals surface area contributed by atoms with Gasteiger partial charge in [-0.1, -0.05) is 18.7 Å². The third-order valence-electron chi connectivity index (χ3n) is 3.65. The zero-order valence-electron chi connectivity index (χ0n) is 11.3. The van der Waals surface area contributed by atoms with Crippen molar-refractivity contribution in [1.29, 1.82) is 0 Å². The van der Waals surface area contributed by atoms with Crippen LogP contribution >= 0.6 is 0 Å². The highest BCUT2D eigenvalue weighted by atomic mass is 16.2. The van der Waals surface area contributed by atoms with Crippen molar-refractivity contribution >= 4 is 12.0 Å². The van der Waals surface area contributed by atoms with Gasteiger partial charge in [0.1, 0.15) is 0 Å². The number of piperidine rings is 1. The van der Waals surface area contributed by atoms with Gasteiger partial charge in [-0.05, 0) is 56.4 Å². The molecule has 0 spiro atoms. The molecule has 1 heterocycles. The van der Waals surface area contributed by atoms with Crippen LogP contribution in [0.1, 0.15) is 47.7 Å². The molecule has 0 aliphatic carbocycles. The van der Waals surface area contributed by atoms with E-state index < -0.39 is 0 Å². The van der Waals surface area contributed by atoms with Crippen LogP contribution in [0.15, 0.2) is 24.8 Å². The normalized spacial score (nSPS) is 19.7. The average molecular weight is 243 g/mol. The van der Waals surface area contributed by atoms with Crippen molar-refractivity contribution in [1.82, 2.24) is 4.90 Å². The van der Waals surface area contributed by atoms with E-state index in [1.54, 1.807) is 6.08 Å². The smallest absolute Gasteiger partial charge is 0.254 e. The molecular weight excluding hydrogens is 222 g/mol. The van der Waals surface area contributed by atoms with E-state index in [9.17, 15) is 4.79 Å². The summed E-state index contributed by atoms with van der Waals surface area (Å²) in [5.41, 5.74) is 2.92. The summed E-state index contributed by atoms with van der Waals surface area (Å²) >= 11 is 0. The first-order valence-electron chi connectivity index (χ1n) is 6.67. The number of benzene rings is 1. The van der Waals surface area contributed by atoms with Gasteiger partial charge < -0.3 is 4.90 Å². The third-order valence-corrected chi connectivity index (χ3v) is 3.65. The average Bonchev–Trinajstić information content (AvgIpc) is 2.37. The molecule has 96 valence electrons. The Hall–Kier alpha value is -1.57. The van der Waals surface area contributed by atoms with Crippen LogP contribution in [-0.4, -0.2) is 23.4 Å². The van der Waals surface area contributed by atoms with Crippen LogP contribution in [0.4, 0.5) is 0 Å². The van der Waals surface area contributed by atoms with E-state index in [0.717, 1.165) is 36.1 Å². The molecule has 1 amide bonds. The van der Waals surface area contributed by atoms with Crippen LogP contribution in [0.25, 0.3) is 6.08 Å². The van der Waals surface area contributed by atoms with Gasteiger partial charge >= 0.3 is 0 Å². The van der Waals surface area contributed by atoms with Crippen LogP contribution < -0.4 is 0 Å². The highest BCUT2D eigenvalue weighted by Crippen LogP contribution is 2.20. The Morgan fingerprint density at radius 2 is 2.17 bits per heavy atom. The number of hydrogen-bond acceptors (Lipinski definition) is 1. The summed E-state index contributed by atoms with van der Waals surface area (Å²) in [6.45, 7) is 8.82. The van der Waals surface area contributed by atoms with E-state index in [-0.39, 0.29) is 5.91 Å². The minimum absolute atomic E-state index is 0.161. The van der Waals surface area contributed by atoms with Crippen molar-refractivity contribution in [3.8, 4) is 0 Å². The molecule has 0 bridgehead atoms. The molecule has 1 aromatic carbocycles. The summed E-state index contributed by atoms with van der Waals surface area (Å²) in [5, 5.41) is 0. The highest BCUT2D eigenvalue weighted by Gasteiger charge is 2.24. The summed E-state index contributed by atoms with van der Waals surface area (Å²) in [7, 11) is 0. The van der Waals surface area contributed by atoms with Gasteiger partial charge in [-0.2, -0.15) is 0 Å². The van der Waals surface area contributed by atoms with E-state index in [0.29, 0.717) is 6.04 Å². The molecule has 0 saturated carbocycles. The van der Waals surface area contributed by atoms with E-state index in [4.69, 9.17) is 0 Å². The first-order chi connectivity index (χ1) is 8.61. The lowest BCUT2D eigenvalue weighted by atomic mass is 10.0. The fraction of sp³-hybridized carbons (Fsp3) is 0.438. The zero-order valence-corrected chi connectivity index (χ0v) is 11.3. The first kappa shape index (κ1) is 12.9. The number of hydrogen-bond donors (Lipinski definition) is 0. The maximum Gasteiger partial charge on any atom is 0.254 e. The molecule has 1 saturated heterocycles. The van der Waals surface area contributed by atoms with Crippen molar-refractivity contribution in [3.63, 3.8) is 0 Å². The van der Waals surface area contributed by atoms with Crippen molar-refractivity contribution in [2.45, 2.75) is 39.2 Å². The van der Waals surface area contributed by atoms with E-state index >= 15 is 0 Å². The van der Waals surface area contributed by atoms with Crippen LogP contribution in [-0.2, 0) is 0 Å². The lowest BCUT2D eigenvalue weighted by Gasteiger charge is -2.33. The van der Waals surface area contributed by atoms with Crippen molar-refractivity contribution < 1.29 is 4.79 Å². The van der Waals surface area contributed by atoms with Gasteiger partial charge in [0.2, 0.25) is 0 Å². The maximum absolute atomic E-state index is 12.5. The largest absolute Gasteiger partial charge is 0.336 e. The SMILES string of the molecule is C=Cc1cc(C)cc(C(=O)N2CCCCC2C)c1. The topological polar surface area (TPSA) is 20.3 Å². The molecule has 2 nitrogen and oxygen atoms in total. The van der Waals surface area contributed by atoms with Crippen LogP contribution in [0.5, 0.6) is 0 Å². The molecule has 2 heteroatoms. The molecule has 1 aliphatic rings. The number of rotatable bonds is 2. The lowest BCUT2D eigenvalue weighted by Crippen LogP contribution is -2.42. The van der Waals surface area contributed by atoms with Gasteiger partial charge in [0.25, 0.3) is 5.91 Å². The third kappa shape index (κ3) is 2.63. The molecule has 1 aliphatic heterocycles. The Morgan fingerprint density at radius 3 is 2.83 bits per heavy atom. The highest BCUT2D eigenvalue weighted by molar-refractivity contribution is 5.95. The Morgan fingerprint density at radius 1 is 1.39 bits per heavy atom. The van der Waals surface area contributed by atoms with Crippen molar-refractivity contribution in [2.24, 2.45) is 0 Å². The van der Waals surface area contributed by atoms with Crippen LogP contribution in [0.3, 0.4) is 0 Å². The molecule has 2 rings (SSSR count). The molecule has 0 aromatic heterocycles. The lowest BCUT2D eigenvalue weighted by molar-refractivity contribution is 0.0635. The molecule has 0 N–H and O–H groups in total. The summed E-state index contributed by atoms with van der Waals surface area (Å²) in [4.78, 5) is 14.5. The Bertz CT molecular complexity index is 464. The van der Waals surface area contributed by atoms with Crippen molar-refractivity contribution in [2.75, 3.05) is 6.54 Å². The molecular formula is C16H21NO. The van der Waals surface area contributed by atoms with Gasteiger partial charge in [0, 0.05) is 18.2 Å². The maximum atomic E-state index is 12.5. The second-order valence-corrected chi connectivity index (χ2v) is 5.18. The predicted octanol–water partition coefficient (Wildman–Crippen LogP) is 3.65. The quantitative estimate of drug-likeness (QED) is 0.776. The van der Waals surface area contributed by atoms with Gasteiger partial charge in [0.05, 0.1) is 0 Å². The first-order valence-corrected chi connectivity index (χ1v) is 6.67.